The van der Waals surface area contributed by atoms with Crippen LogP contribution in [0.1, 0.15) is 43.7 Å². The summed E-state index contributed by atoms with van der Waals surface area (Å²) in [6.45, 7) is 4.65. The number of nitrogens with zero attached hydrogens (tertiary/aromatic N) is 2. The van der Waals surface area contributed by atoms with Crippen molar-refractivity contribution in [2.24, 2.45) is 5.92 Å². The summed E-state index contributed by atoms with van der Waals surface area (Å²) in [6, 6.07) is 4.80. The van der Waals surface area contributed by atoms with Crippen molar-refractivity contribution in [3.63, 3.8) is 0 Å². The second-order valence-electron chi connectivity index (χ2n) is 6.01. The van der Waals surface area contributed by atoms with Gasteiger partial charge in [-0.15, -0.1) is 0 Å². The molecule has 1 aliphatic heterocycles. The lowest BCUT2D eigenvalue weighted by Crippen LogP contribution is -2.47. The summed E-state index contributed by atoms with van der Waals surface area (Å²) in [5.41, 5.74) is 1.37. The van der Waals surface area contributed by atoms with E-state index in [1.165, 1.54) is 50.8 Å². The number of hydrogen-bond acceptors (Lipinski definition) is 3. The van der Waals surface area contributed by atoms with Crippen LogP contribution in [0.15, 0.2) is 24.5 Å². The Morgan fingerprint density at radius 3 is 2.95 bits per heavy atom. The van der Waals surface area contributed by atoms with Gasteiger partial charge in [-0.25, -0.2) is 0 Å². The van der Waals surface area contributed by atoms with Crippen molar-refractivity contribution in [2.75, 3.05) is 26.2 Å². The van der Waals surface area contributed by atoms with Gasteiger partial charge >= 0.3 is 0 Å². The summed E-state index contributed by atoms with van der Waals surface area (Å²) in [4.78, 5) is 6.97. The van der Waals surface area contributed by atoms with Crippen LogP contribution in [0.25, 0.3) is 0 Å². The maximum atomic E-state index is 4.29. The number of pyridine rings is 1. The smallest absolute Gasteiger partial charge is 0.0488 e. The van der Waals surface area contributed by atoms with Gasteiger partial charge in [0.05, 0.1) is 0 Å². The lowest BCUT2D eigenvalue weighted by molar-refractivity contribution is 0.123. The number of hydrogen-bond donors (Lipinski definition) is 1. The summed E-state index contributed by atoms with van der Waals surface area (Å²) in [7, 11) is 0. The predicted octanol–water partition coefficient (Wildman–Crippen LogP) is 2.61. The summed E-state index contributed by atoms with van der Waals surface area (Å²) in [5.74, 6) is 0.922. The van der Waals surface area contributed by atoms with Gasteiger partial charge in [-0.05, 0) is 30.4 Å². The number of nitrogens with one attached hydrogen (secondary N) is 1. The van der Waals surface area contributed by atoms with Crippen LogP contribution in [-0.4, -0.2) is 36.1 Å². The molecule has 1 unspecified atom stereocenters. The lowest BCUT2D eigenvalue weighted by atomic mass is 9.88. The first-order valence-electron chi connectivity index (χ1n) is 7.78. The highest BCUT2D eigenvalue weighted by Crippen LogP contribution is 2.28. The first-order chi connectivity index (χ1) is 9.43. The molecule has 0 spiro atoms. The monoisotopic (exact) mass is 259 g/mol. The molecule has 0 radical (unpaired) electrons. The third-order valence-electron chi connectivity index (χ3n) is 4.64. The molecule has 1 saturated heterocycles. The number of piperazine rings is 1. The van der Waals surface area contributed by atoms with Gasteiger partial charge in [-0.2, -0.15) is 0 Å². The minimum absolute atomic E-state index is 0.518. The van der Waals surface area contributed by atoms with Crippen LogP contribution in [0.4, 0.5) is 0 Å². The Kier molecular flexibility index (Phi) is 4.46. The zero-order chi connectivity index (χ0) is 12.9. The summed E-state index contributed by atoms with van der Waals surface area (Å²) >= 11 is 0. The van der Waals surface area contributed by atoms with Gasteiger partial charge in [0.25, 0.3) is 0 Å². The SMILES string of the molecule is c1cncc(C2CNCCN2CC2CCCCC2)c1. The first kappa shape index (κ1) is 13.1. The zero-order valence-corrected chi connectivity index (χ0v) is 11.7. The fraction of sp³-hybridized carbons (Fsp3) is 0.688. The van der Waals surface area contributed by atoms with E-state index in [0.29, 0.717) is 6.04 Å². The standard InChI is InChI=1S/C16H25N3/c1-2-5-14(6-3-1)13-19-10-9-18-12-16(19)15-7-4-8-17-11-15/h4,7-8,11,14,16,18H,1-3,5-6,9-10,12-13H2. The average Bonchev–Trinajstić information content (AvgIpc) is 2.50. The van der Waals surface area contributed by atoms with Gasteiger partial charge in [0.1, 0.15) is 0 Å². The van der Waals surface area contributed by atoms with Crippen LogP contribution < -0.4 is 5.32 Å². The fourth-order valence-corrected chi connectivity index (χ4v) is 3.57. The van der Waals surface area contributed by atoms with E-state index in [4.69, 9.17) is 0 Å². The van der Waals surface area contributed by atoms with Crippen LogP contribution in [0.5, 0.6) is 0 Å². The third-order valence-corrected chi connectivity index (χ3v) is 4.64. The fourth-order valence-electron chi connectivity index (χ4n) is 3.57. The Labute approximate surface area is 116 Å². The molecular formula is C16H25N3. The normalized spacial score (nSPS) is 26.4. The van der Waals surface area contributed by atoms with Crippen LogP contribution in [0.3, 0.4) is 0 Å². The highest BCUT2D eigenvalue weighted by atomic mass is 15.2. The maximum absolute atomic E-state index is 4.29. The average molecular weight is 259 g/mol. The zero-order valence-electron chi connectivity index (χ0n) is 11.7. The molecule has 1 aromatic rings. The van der Waals surface area contributed by atoms with Gasteiger partial charge in [0.2, 0.25) is 0 Å². The quantitative estimate of drug-likeness (QED) is 0.904. The van der Waals surface area contributed by atoms with Crippen LogP contribution in [0.2, 0.25) is 0 Å². The Hall–Kier alpha value is -0.930. The maximum Gasteiger partial charge on any atom is 0.0488 e. The molecule has 1 N–H and O–H groups in total. The van der Waals surface area contributed by atoms with Crippen molar-refractivity contribution in [1.82, 2.24) is 15.2 Å². The topological polar surface area (TPSA) is 28.2 Å². The van der Waals surface area contributed by atoms with Crippen LogP contribution in [-0.2, 0) is 0 Å². The molecule has 2 fully saturated rings. The Morgan fingerprint density at radius 1 is 1.26 bits per heavy atom. The largest absolute Gasteiger partial charge is 0.314 e. The molecule has 0 amide bonds. The molecule has 1 aromatic heterocycles. The molecule has 1 atom stereocenters. The van der Waals surface area contributed by atoms with Crippen molar-refractivity contribution in [3.8, 4) is 0 Å². The molecule has 3 heteroatoms. The molecule has 1 saturated carbocycles. The molecular weight excluding hydrogens is 234 g/mol. The van der Waals surface area contributed by atoms with E-state index in [0.717, 1.165) is 19.0 Å². The van der Waals surface area contributed by atoms with E-state index in [2.05, 4.69) is 27.3 Å². The summed E-state index contributed by atoms with van der Waals surface area (Å²) < 4.78 is 0. The highest BCUT2D eigenvalue weighted by Gasteiger charge is 2.26. The van der Waals surface area contributed by atoms with Gasteiger partial charge in [0, 0.05) is 44.6 Å². The highest BCUT2D eigenvalue weighted by molar-refractivity contribution is 5.15. The van der Waals surface area contributed by atoms with Crippen LogP contribution in [0, 0.1) is 5.92 Å². The van der Waals surface area contributed by atoms with E-state index in [-0.39, 0.29) is 0 Å². The van der Waals surface area contributed by atoms with E-state index in [1.54, 1.807) is 0 Å². The molecule has 0 bridgehead atoms. The second-order valence-corrected chi connectivity index (χ2v) is 6.01. The second kappa shape index (κ2) is 6.49. The van der Waals surface area contributed by atoms with Crippen molar-refractivity contribution in [1.29, 1.82) is 0 Å². The molecule has 1 aliphatic carbocycles. The number of rotatable bonds is 3. The van der Waals surface area contributed by atoms with Crippen LogP contribution >= 0.6 is 0 Å². The Bertz CT molecular complexity index is 373. The minimum Gasteiger partial charge on any atom is -0.314 e. The van der Waals surface area contributed by atoms with Gasteiger partial charge in [-0.3, -0.25) is 9.88 Å². The minimum atomic E-state index is 0.518. The van der Waals surface area contributed by atoms with Gasteiger partial charge in [-0.1, -0.05) is 25.3 Å². The molecule has 3 nitrogen and oxygen atoms in total. The third kappa shape index (κ3) is 3.34. The van der Waals surface area contributed by atoms with E-state index in [1.807, 2.05) is 12.4 Å². The van der Waals surface area contributed by atoms with Gasteiger partial charge in [0.15, 0.2) is 0 Å². The van der Waals surface area contributed by atoms with E-state index < -0.39 is 0 Å². The molecule has 2 heterocycles. The first-order valence-corrected chi connectivity index (χ1v) is 7.78. The van der Waals surface area contributed by atoms with Gasteiger partial charge < -0.3 is 5.32 Å². The molecule has 104 valence electrons. The van der Waals surface area contributed by atoms with E-state index >= 15 is 0 Å². The van der Waals surface area contributed by atoms with E-state index in [9.17, 15) is 0 Å². The predicted molar refractivity (Wildman–Crippen MR) is 78.0 cm³/mol. The molecule has 2 aliphatic rings. The van der Waals surface area contributed by atoms with Crippen molar-refractivity contribution in [3.05, 3.63) is 30.1 Å². The van der Waals surface area contributed by atoms with Crippen molar-refractivity contribution < 1.29 is 0 Å². The summed E-state index contributed by atoms with van der Waals surface area (Å²) in [6.07, 6.45) is 11.1. The molecule has 0 aromatic carbocycles. The molecule has 19 heavy (non-hydrogen) atoms. The number of aromatic nitrogens is 1. The Morgan fingerprint density at radius 2 is 2.16 bits per heavy atom. The van der Waals surface area contributed by atoms with Crippen molar-refractivity contribution in [2.45, 2.75) is 38.1 Å². The Balaban J connectivity index is 1.66. The summed E-state index contributed by atoms with van der Waals surface area (Å²) in [5, 5.41) is 3.53. The lowest BCUT2D eigenvalue weighted by Gasteiger charge is -2.39. The van der Waals surface area contributed by atoms with Crippen molar-refractivity contribution >= 4 is 0 Å². The molecule has 3 rings (SSSR count).